The highest BCUT2D eigenvalue weighted by molar-refractivity contribution is 5.89. The van der Waals surface area contributed by atoms with E-state index in [9.17, 15) is 10.1 Å². The first kappa shape index (κ1) is 20.2. The molecule has 4 aromatic rings. The van der Waals surface area contributed by atoms with Crippen LogP contribution < -0.4 is 4.90 Å². The normalized spacial score (nSPS) is 19.1. The fourth-order valence-electron chi connectivity index (χ4n) is 5.29. The monoisotopic (exact) mass is 449 g/mol. The molecule has 1 aromatic carbocycles. The number of nitrogens with zero attached hydrogens (tertiary/aromatic N) is 7. The van der Waals surface area contributed by atoms with Crippen LogP contribution in [0.5, 0.6) is 0 Å². The quantitative estimate of drug-likeness (QED) is 0.447. The summed E-state index contributed by atoms with van der Waals surface area (Å²) in [6, 6.07) is 13.3. The lowest BCUT2D eigenvalue weighted by atomic mass is 9.87. The maximum Gasteiger partial charge on any atom is 0.246 e. The minimum atomic E-state index is 0.0304. The lowest BCUT2D eigenvalue weighted by Gasteiger charge is -2.56. The van der Waals surface area contributed by atoms with Gasteiger partial charge < -0.3 is 9.80 Å². The molecule has 168 valence electrons. The molecule has 0 saturated carbocycles. The number of piperidine rings is 1. The number of rotatable bonds is 4. The van der Waals surface area contributed by atoms with Gasteiger partial charge in [0.1, 0.15) is 6.07 Å². The number of fused-ring (bicyclic) bond motifs is 3. The lowest BCUT2D eigenvalue weighted by molar-refractivity contribution is -0.140. The molecule has 34 heavy (non-hydrogen) atoms. The Kier molecular flexibility index (Phi) is 4.52. The fourth-order valence-corrected chi connectivity index (χ4v) is 5.29. The molecule has 0 spiro atoms. The highest BCUT2D eigenvalue weighted by Crippen LogP contribution is 2.37. The number of amides is 1. The number of pyridine rings is 1. The molecule has 8 heteroatoms. The summed E-state index contributed by atoms with van der Waals surface area (Å²) in [4.78, 5) is 16.4. The highest BCUT2D eigenvalue weighted by atomic mass is 16.2. The maximum absolute atomic E-state index is 12.1. The Labute approximate surface area is 196 Å². The van der Waals surface area contributed by atoms with Crippen LogP contribution in [-0.4, -0.2) is 55.4 Å². The number of carbonyl (C=O) groups excluding carboxylic acids is 1. The maximum atomic E-state index is 12.1. The van der Waals surface area contributed by atoms with Crippen molar-refractivity contribution in [2.45, 2.75) is 18.5 Å². The second-order valence-electron chi connectivity index (χ2n) is 8.95. The van der Waals surface area contributed by atoms with E-state index in [2.05, 4.69) is 58.1 Å². The van der Waals surface area contributed by atoms with Gasteiger partial charge in [-0.25, -0.2) is 4.52 Å². The number of hydrogen-bond acceptors (Lipinski definition) is 5. The first-order valence-corrected chi connectivity index (χ1v) is 11.3. The first-order valence-electron chi connectivity index (χ1n) is 11.3. The van der Waals surface area contributed by atoms with Crippen LogP contribution in [0.25, 0.3) is 27.8 Å². The number of piperazine rings is 1. The van der Waals surface area contributed by atoms with E-state index in [1.807, 2.05) is 30.5 Å². The van der Waals surface area contributed by atoms with Crippen molar-refractivity contribution in [1.29, 1.82) is 5.26 Å². The molecule has 3 fully saturated rings. The van der Waals surface area contributed by atoms with Crippen LogP contribution in [0.2, 0.25) is 0 Å². The highest BCUT2D eigenvalue weighted by Gasteiger charge is 2.46. The fraction of sp³-hybridized carbons (Fsp3) is 0.231. The summed E-state index contributed by atoms with van der Waals surface area (Å²) in [5.41, 5.74) is 6.41. The lowest BCUT2D eigenvalue weighted by Crippen LogP contribution is -2.70. The average molecular weight is 450 g/mol. The predicted molar refractivity (Wildman–Crippen MR) is 129 cm³/mol. The first-order chi connectivity index (χ1) is 16.6. The van der Waals surface area contributed by atoms with Crippen molar-refractivity contribution in [3.8, 4) is 28.3 Å². The molecule has 2 bridgehead atoms. The van der Waals surface area contributed by atoms with Gasteiger partial charge in [-0.05, 0) is 36.3 Å². The second-order valence-corrected chi connectivity index (χ2v) is 8.95. The van der Waals surface area contributed by atoms with E-state index in [1.165, 1.54) is 6.08 Å². The van der Waals surface area contributed by atoms with Crippen LogP contribution in [0.15, 0.2) is 67.8 Å². The topological polar surface area (TPSA) is 82.5 Å². The molecular weight excluding hydrogens is 426 g/mol. The van der Waals surface area contributed by atoms with Crippen molar-refractivity contribution < 1.29 is 4.79 Å². The molecule has 6 heterocycles. The third-order valence-corrected chi connectivity index (χ3v) is 6.94. The smallest absolute Gasteiger partial charge is 0.246 e. The number of carbonyl (C=O) groups is 1. The number of aryl methyl sites for hydroxylation is 1. The number of anilines is 1. The van der Waals surface area contributed by atoms with Crippen molar-refractivity contribution in [1.82, 2.24) is 24.3 Å². The summed E-state index contributed by atoms with van der Waals surface area (Å²) in [6.07, 6.45) is 9.80. The van der Waals surface area contributed by atoms with E-state index >= 15 is 0 Å². The SMILES string of the molecule is C=CC(=O)N1C2CC1CN(c1ccc(-c3cc(-c4cnn(C)c4)cn4ncc(C#N)c34)cc1)C2. The van der Waals surface area contributed by atoms with Gasteiger partial charge in [0, 0.05) is 54.9 Å². The minimum absolute atomic E-state index is 0.0304. The average Bonchev–Trinajstić information content (AvgIpc) is 3.49. The van der Waals surface area contributed by atoms with Gasteiger partial charge in [0.2, 0.25) is 5.91 Å². The molecule has 0 N–H and O–H groups in total. The zero-order valence-electron chi connectivity index (χ0n) is 18.8. The largest absolute Gasteiger partial charge is 0.367 e. The van der Waals surface area contributed by atoms with Gasteiger partial charge in [0.25, 0.3) is 0 Å². The molecule has 0 radical (unpaired) electrons. The zero-order chi connectivity index (χ0) is 23.4. The Balaban J connectivity index is 1.34. The Bertz CT molecular complexity index is 1460. The third-order valence-electron chi connectivity index (χ3n) is 6.94. The van der Waals surface area contributed by atoms with Crippen molar-refractivity contribution in [2.75, 3.05) is 18.0 Å². The van der Waals surface area contributed by atoms with Crippen LogP contribution in [-0.2, 0) is 11.8 Å². The number of benzene rings is 1. The Morgan fingerprint density at radius 2 is 1.85 bits per heavy atom. The number of hydrogen-bond donors (Lipinski definition) is 0. The standard InChI is InChI=1S/C26H23N7O/c1-3-25(34)33-22-9-23(33)16-31(15-22)21-6-4-17(5-7-21)24-8-18(20-12-28-30(2)13-20)14-32-26(24)19(10-27)11-29-32/h3-8,11-14,22-23H,1,9,15-16H2,2H3. The second kappa shape index (κ2) is 7.59. The molecule has 3 aromatic heterocycles. The van der Waals surface area contributed by atoms with Gasteiger partial charge in [-0.15, -0.1) is 0 Å². The molecule has 0 aliphatic carbocycles. The van der Waals surface area contributed by atoms with Crippen LogP contribution in [0, 0.1) is 11.3 Å². The van der Waals surface area contributed by atoms with E-state index in [0.29, 0.717) is 5.56 Å². The van der Waals surface area contributed by atoms with Crippen LogP contribution in [0.3, 0.4) is 0 Å². The molecule has 8 nitrogen and oxygen atoms in total. The molecule has 3 aliphatic heterocycles. The van der Waals surface area contributed by atoms with E-state index in [1.54, 1.807) is 15.4 Å². The summed E-state index contributed by atoms with van der Waals surface area (Å²) >= 11 is 0. The minimum Gasteiger partial charge on any atom is -0.367 e. The third kappa shape index (κ3) is 3.09. The number of aromatic nitrogens is 4. The molecule has 1 amide bonds. The Morgan fingerprint density at radius 1 is 1.09 bits per heavy atom. The Hall–Kier alpha value is -4.38. The molecule has 3 saturated heterocycles. The van der Waals surface area contributed by atoms with Gasteiger partial charge in [0.05, 0.1) is 35.6 Å². The van der Waals surface area contributed by atoms with E-state index < -0.39 is 0 Å². The molecule has 2 atom stereocenters. The predicted octanol–water partition coefficient (Wildman–Crippen LogP) is 3.25. The van der Waals surface area contributed by atoms with Crippen LogP contribution >= 0.6 is 0 Å². The van der Waals surface area contributed by atoms with Gasteiger partial charge in [-0.3, -0.25) is 9.48 Å². The molecule has 3 aliphatic rings. The van der Waals surface area contributed by atoms with Crippen molar-refractivity contribution in [3.63, 3.8) is 0 Å². The van der Waals surface area contributed by atoms with Crippen molar-refractivity contribution in [3.05, 3.63) is 73.3 Å². The van der Waals surface area contributed by atoms with Crippen molar-refractivity contribution in [2.24, 2.45) is 7.05 Å². The summed E-state index contributed by atoms with van der Waals surface area (Å²) < 4.78 is 3.54. The number of nitriles is 1. The Morgan fingerprint density at radius 3 is 2.50 bits per heavy atom. The molecular formula is C26H23N7O. The summed E-state index contributed by atoms with van der Waals surface area (Å²) in [6.45, 7) is 5.29. The van der Waals surface area contributed by atoms with E-state index in [-0.39, 0.29) is 18.0 Å². The van der Waals surface area contributed by atoms with Gasteiger partial charge in [-0.1, -0.05) is 18.7 Å². The van der Waals surface area contributed by atoms with Gasteiger partial charge in [-0.2, -0.15) is 15.5 Å². The van der Waals surface area contributed by atoms with Crippen LogP contribution in [0.1, 0.15) is 12.0 Å². The van der Waals surface area contributed by atoms with E-state index in [0.717, 1.165) is 53.0 Å². The van der Waals surface area contributed by atoms with E-state index in [4.69, 9.17) is 0 Å². The zero-order valence-corrected chi connectivity index (χ0v) is 18.8. The summed E-state index contributed by atoms with van der Waals surface area (Å²) in [7, 11) is 1.89. The summed E-state index contributed by atoms with van der Waals surface area (Å²) in [5.74, 6) is 0.0304. The van der Waals surface area contributed by atoms with Crippen LogP contribution in [0.4, 0.5) is 5.69 Å². The van der Waals surface area contributed by atoms with Crippen molar-refractivity contribution >= 4 is 17.1 Å². The summed E-state index contributed by atoms with van der Waals surface area (Å²) in [5, 5.41) is 18.4. The molecule has 2 unspecified atom stereocenters. The van der Waals surface area contributed by atoms with Gasteiger partial charge >= 0.3 is 0 Å². The van der Waals surface area contributed by atoms with Gasteiger partial charge in [0.15, 0.2) is 0 Å². The molecule has 7 rings (SSSR count).